The molecule has 144 valence electrons. The minimum Gasteiger partial charge on any atom is -0.352 e. The first-order chi connectivity index (χ1) is 12.8. The fourth-order valence-electron chi connectivity index (χ4n) is 2.87. The van der Waals surface area contributed by atoms with Crippen LogP contribution in [0.5, 0.6) is 0 Å². The first kappa shape index (κ1) is 21.0. The molecule has 2 rings (SSSR count). The predicted molar refractivity (Wildman–Crippen MR) is 110 cm³/mol. The van der Waals surface area contributed by atoms with E-state index < -0.39 is 6.04 Å². The highest BCUT2D eigenvalue weighted by molar-refractivity contribution is 6.30. The second-order valence-electron chi connectivity index (χ2n) is 7.15. The van der Waals surface area contributed by atoms with Crippen LogP contribution < -0.4 is 5.32 Å². The van der Waals surface area contributed by atoms with Crippen LogP contribution in [0, 0.1) is 6.92 Å². The fourth-order valence-corrected chi connectivity index (χ4v) is 3.00. The molecule has 5 heteroatoms. The number of aryl methyl sites for hydroxylation is 1. The van der Waals surface area contributed by atoms with E-state index in [-0.39, 0.29) is 24.3 Å². The van der Waals surface area contributed by atoms with Crippen LogP contribution in [-0.4, -0.2) is 28.8 Å². The zero-order valence-corrected chi connectivity index (χ0v) is 17.1. The summed E-state index contributed by atoms with van der Waals surface area (Å²) >= 11 is 5.93. The van der Waals surface area contributed by atoms with Crippen molar-refractivity contribution in [1.82, 2.24) is 10.2 Å². The van der Waals surface area contributed by atoms with E-state index in [4.69, 9.17) is 11.6 Å². The molecule has 0 saturated carbocycles. The van der Waals surface area contributed by atoms with E-state index in [0.29, 0.717) is 11.6 Å². The molecule has 0 unspecified atom stereocenters. The maximum atomic E-state index is 13.0. The van der Waals surface area contributed by atoms with Gasteiger partial charge < -0.3 is 10.2 Å². The molecule has 0 aromatic heterocycles. The van der Waals surface area contributed by atoms with Crippen molar-refractivity contribution in [2.24, 2.45) is 0 Å². The molecule has 1 N–H and O–H groups in total. The van der Waals surface area contributed by atoms with E-state index in [1.807, 2.05) is 57.2 Å². The second-order valence-corrected chi connectivity index (χ2v) is 7.59. The van der Waals surface area contributed by atoms with Gasteiger partial charge in [-0.15, -0.1) is 0 Å². The van der Waals surface area contributed by atoms with E-state index in [2.05, 4.69) is 5.32 Å². The number of amides is 2. The van der Waals surface area contributed by atoms with Gasteiger partial charge >= 0.3 is 0 Å². The van der Waals surface area contributed by atoms with Crippen molar-refractivity contribution < 1.29 is 9.59 Å². The number of rotatable bonds is 7. The van der Waals surface area contributed by atoms with Gasteiger partial charge in [0.25, 0.3) is 0 Å². The zero-order chi connectivity index (χ0) is 20.0. The van der Waals surface area contributed by atoms with E-state index in [1.165, 1.54) is 0 Å². The molecule has 0 aliphatic heterocycles. The highest BCUT2D eigenvalue weighted by Gasteiger charge is 2.26. The third kappa shape index (κ3) is 6.40. The van der Waals surface area contributed by atoms with Gasteiger partial charge in [-0.3, -0.25) is 9.59 Å². The predicted octanol–water partition coefficient (Wildman–Crippen LogP) is 4.13. The lowest BCUT2D eigenvalue weighted by atomic mass is 10.1. The van der Waals surface area contributed by atoms with Crippen LogP contribution in [-0.2, 0) is 22.6 Å². The van der Waals surface area contributed by atoms with Crippen LogP contribution in [0.3, 0.4) is 0 Å². The number of benzene rings is 2. The van der Waals surface area contributed by atoms with Crippen molar-refractivity contribution in [3.8, 4) is 0 Å². The van der Waals surface area contributed by atoms with Crippen LogP contribution in [0.15, 0.2) is 48.5 Å². The molecule has 0 aliphatic carbocycles. The number of nitrogens with one attached hydrogen (secondary N) is 1. The molecule has 0 aliphatic rings. The average molecular weight is 387 g/mol. The molecule has 2 aromatic rings. The Morgan fingerprint density at radius 1 is 1.04 bits per heavy atom. The van der Waals surface area contributed by atoms with Crippen LogP contribution in [0.25, 0.3) is 0 Å². The number of carbonyl (C=O) groups is 2. The third-order valence-electron chi connectivity index (χ3n) is 4.30. The van der Waals surface area contributed by atoms with Gasteiger partial charge in [-0.25, -0.2) is 0 Å². The van der Waals surface area contributed by atoms with Crippen LogP contribution >= 0.6 is 11.6 Å². The van der Waals surface area contributed by atoms with Gasteiger partial charge in [-0.05, 0) is 51.0 Å². The molecule has 2 amide bonds. The SMILES string of the molecule is Cc1cccc(CN(C(=O)Cc2ccc(Cl)cc2)[C@H](C)C(=O)NC(C)C)c1. The summed E-state index contributed by atoms with van der Waals surface area (Å²) in [6.07, 6.45) is 0.224. The third-order valence-corrected chi connectivity index (χ3v) is 4.55. The van der Waals surface area contributed by atoms with Crippen molar-refractivity contribution in [2.75, 3.05) is 0 Å². The minimum atomic E-state index is -0.562. The molecular weight excluding hydrogens is 360 g/mol. The van der Waals surface area contributed by atoms with Crippen molar-refractivity contribution in [1.29, 1.82) is 0 Å². The van der Waals surface area contributed by atoms with E-state index in [1.54, 1.807) is 24.0 Å². The van der Waals surface area contributed by atoms with Gasteiger partial charge in [-0.2, -0.15) is 0 Å². The summed E-state index contributed by atoms with van der Waals surface area (Å²) in [4.78, 5) is 27.2. The molecule has 0 fully saturated rings. The summed E-state index contributed by atoms with van der Waals surface area (Å²) in [7, 11) is 0. The molecule has 0 bridgehead atoms. The summed E-state index contributed by atoms with van der Waals surface area (Å²) in [5, 5.41) is 3.53. The van der Waals surface area contributed by atoms with E-state index in [0.717, 1.165) is 16.7 Å². The van der Waals surface area contributed by atoms with E-state index in [9.17, 15) is 9.59 Å². The Bertz CT molecular complexity index is 787. The highest BCUT2D eigenvalue weighted by atomic mass is 35.5. The lowest BCUT2D eigenvalue weighted by Gasteiger charge is -2.29. The highest BCUT2D eigenvalue weighted by Crippen LogP contribution is 2.15. The number of halogens is 1. The molecule has 0 saturated heterocycles. The number of hydrogen-bond donors (Lipinski definition) is 1. The summed E-state index contributed by atoms with van der Waals surface area (Å²) < 4.78 is 0. The summed E-state index contributed by atoms with van der Waals surface area (Å²) in [6, 6.07) is 14.7. The average Bonchev–Trinajstić information content (AvgIpc) is 2.60. The van der Waals surface area contributed by atoms with Gasteiger partial charge in [0.15, 0.2) is 0 Å². The Balaban J connectivity index is 2.22. The van der Waals surface area contributed by atoms with Crippen LogP contribution in [0.1, 0.15) is 37.5 Å². The maximum Gasteiger partial charge on any atom is 0.242 e. The first-order valence-electron chi connectivity index (χ1n) is 9.16. The van der Waals surface area contributed by atoms with Gasteiger partial charge in [0, 0.05) is 17.6 Å². The van der Waals surface area contributed by atoms with Gasteiger partial charge in [0.2, 0.25) is 11.8 Å². The topological polar surface area (TPSA) is 49.4 Å². The Kier molecular flexibility index (Phi) is 7.43. The van der Waals surface area contributed by atoms with Gasteiger partial charge in [0.1, 0.15) is 6.04 Å². The maximum absolute atomic E-state index is 13.0. The lowest BCUT2D eigenvalue weighted by Crippen LogP contribution is -2.49. The Labute approximate surface area is 166 Å². The smallest absolute Gasteiger partial charge is 0.242 e. The Morgan fingerprint density at radius 3 is 2.30 bits per heavy atom. The number of nitrogens with zero attached hydrogens (tertiary/aromatic N) is 1. The Morgan fingerprint density at radius 2 is 1.70 bits per heavy atom. The van der Waals surface area contributed by atoms with Crippen LogP contribution in [0.4, 0.5) is 0 Å². The van der Waals surface area contributed by atoms with E-state index >= 15 is 0 Å². The molecule has 0 radical (unpaired) electrons. The van der Waals surface area contributed by atoms with Gasteiger partial charge in [0.05, 0.1) is 6.42 Å². The standard InChI is InChI=1S/C22H27ClN2O2/c1-15(2)24-22(27)17(4)25(14-19-7-5-6-16(3)12-19)21(26)13-18-8-10-20(23)11-9-18/h5-12,15,17H,13-14H2,1-4H3,(H,24,27)/t17-/m1/s1. The van der Waals surface area contributed by atoms with Crippen LogP contribution in [0.2, 0.25) is 5.02 Å². The first-order valence-corrected chi connectivity index (χ1v) is 9.54. The second kappa shape index (κ2) is 9.56. The van der Waals surface area contributed by atoms with Crippen molar-refractivity contribution >= 4 is 23.4 Å². The summed E-state index contributed by atoms with van der Waals surface area (Å²) in [5.74, 6) is -0.243. The summed E-state index contributed by atoms with van der Waals surface area (Å²) in [6.45, 7) is 7.99. The van der Waals surface area contributed by atoms with Crippen molar-refractivity contribution in [3.63, 3.8) is 0 Å². The van der Waals surface area contributed by atoms with Crippen molar-refractivity contribution in [2.45, 2.75) is 52.7 Å². The van der Waals surface area contributed by atoms with Gasteiger partial charge in [-0.1, -0.05) is 53.6 Å². The molecule has 0 spiro atoms. The molecular formula is C22H27ClN2O2. The quantitative estimate of drug-likeness (QED) is 0.777. The molecule has 1 atom stereocenters. The molecule has 2 aromatic carbocycles. The number of carbonyl (C=O) groups excluding carboxylic acids is 2. The molecule has 27 heavy (non-hydrogen) atoms. The number of hydrogen-bond acceptors (Lipinski definition) is 2. The molecule has 4 nitrogen and oxygen atoms in total. The Hall–Kier alpha value is -2.33. The lowest BCUT2D eigenvalue weighted by molar-refractivity contribution is -0.140. The zero-order valence-electron chi connectivity index (χ0n) is 16.3. The molecule has 0 heterocycles. The normalized spacial score (nSPS) is 11.9. The summed E-state index contributed by atoms with van der Waals surface area (Å²) in [5.41, 5.74) is 3.00. The fraction of sp³-hybridized carbons (Fsp3) is 0.364. The largest absolute Gasteiger partial charge is 0.352 e. The monoisotopic (exact) mass is 386 g/mol. The minimum absolute atomic E-state index is 0.0205. The van der Waals surface area contributed by atoms with Crippen molar-refractivity contribution in [3.05, 3.63) is 70.2 Å².